The molecule has 0 aliphatic carbocycles. The Bertz CT molecular complexity index is 626. The number of aliphatic hydroxyl groups excluding tert-OH is 1. The molecule has 0 bridgehead atoms. The van der Waals surface area contributed by atoms with Crippen LogP contribution in [0.4, 0.5) is 4.39 Å². The van der Waals surface area contributed by atoms with Crippen molar-refractivity contribution in [2.45, 2.75) is 32.4 Å². The molecule has 1 aromatic carbocycles. The number of halogens is 1. The van der Waals surface area contributed by atoms with E-state index in [1.165, 1.54) is 12.1 Å². The van der Waals surface area contributed by atoms with Gasteiger partial charge in [-0.2, -0.15) is 0 Å². The predicted molar refractivity (Wildman–Crippen MR) is 80.8 cm³/mol. The van der Waals surface area contributed by atoms with Gasteiger partial charge in [-0.1, -0.05) is 12.1 Å². The molecule has 0 saturated carbocycles. The van der Waals surface area contributed by atoms with Crippen molar-refractivity contribution in [3.05, 3.63) is 47.3 Å². The van der Waals surface area contributed by atoms with E-state index in [0.29, 0.717) is 12.5 Å². The van der Waals surface area contributed by atoms with Gasteiger partial charge in [0.05, 0.1) is 6.10 Å². The van der Waals surface area contributed by atoms with Gasteiger partial charge in [0.1, 0.15) is 17.5 Å². The Balaban J connectivity index is 1.47. The second kappa shape index (κ2) is 6.54. The van der Waals surface area contributed by atoms with Gasteiger partial charge in [-0.25, -0.2) is 4.39 Å². The van der Waals surface area contributed by atoms with Gasteiger partial charge >= 0.3 is 0 Å². The van der Waals surface area contributed by atoms with Crippen LogP contribution in [-0.4, -0.2) is 33.0 Å². The van der Waals surface area contributed by atoms with E-state index in [0.717, 1.165) is 43.1 Å². The molecule has 0 fully saturated rings. The van der Waals surface area contributed by atoms with Crippen LogP contribution in [0.1, 0.15) is 29.7 Å². The van der Waals surface area contributed by atoms with E-state index in [1.807, 2.05) is 6.92 Å². The average Bonchev–Trinajstić information content (AvgIpc) is 2.89. The van der Waals surface area contributed by atoms with Gasteiger partial charge in [-0.3, -0.25) is 0 Å². The fourth-order valence-corrected chi connectivity index (χ4v) is 2.92. The molecule has 0 saturated heterocycles. The standard InChI is InChI=1S/C16H21FN4O/c1-11-19-20-16-7-2-12(10-21(11)16)8-18-9-15(22)13-3-5-14(17)6-4-13/h3-6,12,15,18,22H,2,7-10H2,1H3/t12-,15+/m1/s1. The molecule has 0 amide bonds. The van der Waals surface area contributed by atoms with Crippen LogP contribution in [0.15, 0.2) is 24.3 Å². The first kappa shape index (κ1) is 15.1. The number of hydrogen-bond acceptors (Lipinski definition) is 4. The Labute approximate surface area is 129 Å². The maximum absolute atomic E-state index is 12.9. The van der Waals surface area contributed by atoms with Crippen LogP contribution in [0.5, 0.6) is 0 Å². The van der Waals surface area contributed by atoms with Crippen LogP contribution < -0.4 is 5.32 Å². The van der Waals surface area contributed by atoms with Gasteiger partial charge in [-0.15, -0.1) is 10.2 Å². The highest BCUT2D eigenvalue weighted by molar-refractivity contribution is 5.18. The Morgan fingerprint density at radius 1 is 1.36 bits per heavy atom. The van der Waals surface area contributed by atoms with Crippen molar-refractivity contribution in [3.63, 3.8) is 0 Å². The summed E-state index contributed by atoms with van der Waals surface area (Å²) >= 11 is 0. The van der Waals surface area contributed by atoms with E-state index in [4.69, 9.17) is 0 Å². The third-order valence-corrected chi connectivity index (χ3v) is 4.25. The molecule has 22 heavy (non-hydrogen) atoms. The van der Waals surface area contributed by atoms with Gasteiger partial charge < -0.3 is 15.0 Å². The Kier molecular flexibility index (Phi) is 4.49. The lowest BCUT2D eigenvalue weighted by Crippen LogP contribution is -2.32. The number of nitrogens with zero attached hydrogens (tertiary/aromatic N) is 3. The topological polar surface area (TPSA) is 63.0 Å². The van der Waals surface area contributed by atoms with Crippen molar-refractivity contribution in [2.75, 3.05) is 13.1 Å². The summed E-state index contributed by atoms with van der Waals surface area (Å²) in [7, 11) is 0. The van der Waals surface area contributed by atoms with Gasteiger partial charge in [0.2, 0.25) is 0 Å². The summed E-state index contributed by atoms with van der Waals surface area (Å²) in [5.41, 5.74) is 0.731. The first-order valence-corrected chi connectivity index (χ1v) is 7.66. The summed E-state index contributed by atoms with van der Waals surface area (Å²) in [4.78, 5) is 0. The second-order valence-corrected chi connectivity index (χ2v) is 5.90. The SMILES string of the molecule is Cc1nnc2n1C[C@@H](CNC[C@H](O)c1ccc(F)cc1)CC2. The van der Waals surface area contributed by atoms with Crippen molar-refractivity contribution in [2.24, 2.45) is 5.92 Å². The first-order chi connectivity index (χ1) is 10.6. The third-order valence-electron chi connectivity index (χ3n) is 4.25. The number of aliphatic hydroxyl groups is 1. The quantitative estimate of drug-likeness (QED) is 0.881. The monoisotopic (exact) mass is 304 g/mol. The summed E-state index contributed by atoms with van der Waals surface area (Å²) in [5.74, 6) is 2.26. The summed E-state index contributed by atoms with van der Waals surface area (Å²) in [6.45, 7) is 4.21. The molecular weight excluding hydrogens is 283 g/mol. The Morgan fingerprint density at radius 3 is 2.91 bits per heavy atom. The molecule has 2 aromatic rings. The highest BCUT2D eigenvalue weighted by Gasteiger charge is 2.21. The summed E-state index contributed by atoms with van der Waals surface area (Å²) in [6, 6.07) is 5.98. The van der Waals surface area contributed by atoms with Crippen LogP contribution in [0.3, 0.4) is 0 Å². The van der Waals surface area contributed by atoms with E-state index in [1.54, 1.807) is 12.1 Å². The summed E-state index contributed by atoms with van der Waals surface area (Å²) in [5, 5.41) is 21.7. The van der Waals surface area contributed by atoms with Crippen molar-refractivity contribution in [1.29, 1.82) is 0 Å². The molecule has 2 N–H and O–H groups in total. The summed E-state index contributed by atoms with van der Waals surface area (Å²) < 4.78 is 15.0. The minimum Gasteiger partial charge on any atom is -0.387 e. The van der Waals surface area contributed by atoms with E-state index in [-0.39, 0.29) is 5.82 Å². The fraction of sp³-hybridized carbons (Fsp3) is 0.500. The van der Waals surface area contributed by atoms with Crippen LogP contribution in [0, 0.1) is 18.7 Å². The smallest absolute Gasteiger partial charge is 0.133 e. The zero-order valence-corrected chi connectivity index (χ0v) is 12.7. The number of benzene rings is 1. The zero-order chi connectivity index (χ0) is 15.5. The summed E-state index contributed by atoms with van der Waals surface area (Å²) in [6.07, 6.45) is 1.42. The number of rotatable bonds is 5. The maximum atomic E-state index is 12.9. The third kappa shape index (κ3) is 3.34. The predicted octanol–water partition coefficient (Wildman–Crippen LogP) is 1.61. The van der Waals surface area contributed by atoms with Crippen molar-refractivity contribution >= 4 is 0 Å². The molecule has 1 aliphatic heterocycles. The van der Waals surface area contributed by atoms with E-state index >= 15 is 0 Å². The van der Waals surface area contributed by atoms with Gasteiger partial charge in [-0.05, 0) is 43.5 Å². The number of fused-ring (bicyclic) bond motifs is 1. The molecule has 1 aromatic heterocycles. The minimum absolute atomic E-state index is 0.286. The molecule has 1 aliphatic rings. The molecule has 118 valence electrons. The van der Waals surface area contributed by atoms with Crippen molar-refractivity contribution in [1.82, 2.24) is 20.1 Å². The minimum atomic E-state index is -0.614. The zero-order valence-electron chi connectivity index (χ0n) is 12.7. The molecule has 5 nitrogen and oxygen atoms in total. The Hall–Kier alpha value is -1.79. The van der Waals surface area contributed by atoms with E-state index < -0.39 is 6.10 Å². The van der Waals surface area contributed by atoms with Crippen LogP contribution in [0.2, 0.25) is 0 Å². The lowest BCUT2D eigenvalue weighted by atomic mass is 9.99. The number of nitrogens with one attached hydrogen (secondary N) is 1. The highest BCUT2D eigenvalue weighted by atomic mass is 19.1. The number of aromatic nitrogens is 3. The normalized spacial score (nSPS) is 19.0. The molecule has 2 heterocycles. The van der Waals surface area contributed by atoms with Crippen LogP contribution >= 0.6 is 0 Å². The lowest BCUT2D eigenvalue weighted by molar-refractivity contribution is 0.170. The highest BCUT2D eigenvalue weighted by Crippen LogP contribution is 2.19. The molecule has 3 rings (SSSR count). The van der Waals surface area contributed by atoms with E-state index in [2.05, 4.69) is 20.1 Å². The van der Waals surface area contributed by atoms with E-state index in [9.17, 15) is 9.50 Å². The largest absolute Gasteiger partial charge is 0.387 e. The lowest BCUT2D eigenvalue weighted by Gasteiger charge is -2.24. The van der Waals surface area contributed by atoms with Gasteiger partial charge in [0.15, 0.2) is 0 Å². The second-order valence-electron chi connectivity index (χ2n) is 5.90. The van der Waals surface area contributed by atoms with Crippen LogP contribution in [-0.2, 0) is 13.0 Å². The fourth-order valence-electron chi connectivity index (χ4n) is 2.92. The first-order valence-electron chi connectivity index (χ1n) is 7.66. The maximum Gasteiger partial charge on any atom is 0.133 e. The molecule has 2 atom stereocenters. The van der Waals surface area contributed by atoms with Crippen molar-refractivity contribution in [3.8, 4) is 0 Å². The number of hydrogen-bond donors (Lipinski definition) is 2. The molecule has 6 heteroatoms. The molecular formula is C16H21FN4O. The average molecular weight is 304 g/mol. The Morgan fingerprint density at radius 2 is 2.14 bits per heavy atom. The van der Waals surface area contributed by atoms with Gasteiger partial charge in [0, 0.05) is 19.5 Å². The molecule has 0 spiro atoms. The number of aryl methyl sites for hydroxylation is 2. The van der Waals surface area contributed by atoms with Crippen molar-refractivity contribution < 1.29 is 9.50 Å². The molecule has 0 radical (unpaired) electrons. The van der Waals surface area contributed by atoms with Crippen LogP contribution in [0.25, 0.3) is 0 Å². The molecule has 0 unspecified atom stereocenters. The van der Waals surface area contributed by atoms with Gasteiger partial charge in [0.25, 0.3) is 0 Å².